The van der Waals surface area contributed by atoms with E-state index >= 15 is 0 Å². The number of ether oxygens (including phenoxy) is 1. The van der Waals surface area contributed by atoms with Gasteiger partial charge < -0.3 is 10.1 Å². The number of imide groups is 1. The number of anilines is 1. The van der Waals surface area contributed by atoms with E-state index in [2.05, 4.69) is 5.32 Å². The Morgan fingerprint density at radius 1 is 0.839 bits per heavy atom. The van der Waals surface area contributed by atoms with Crippen LogP contribution in [-0.2, 0) is 14.3 Å². The first-order valence-electron chi connectivity index (χ1n) is 9.84. The number of nitrogens with zero attached hydrogens (tertiary/aromatic N) is 1. The standard InChI is InChI=1S/C24H20N2O5/c1-14(26-22(28)19-9-5-6-10-20(19)23(26)29)24(30)31-15(2)21(27)25-18-12-11-16-7-3-4-8-17(16)13-18/h3-15H,1-2H3,(H,25,27)/t14-,15+/m1/s1. The van der Waals surface area contributed by atoms with Gasteiger partial charge in [0.2, 0.25) is 0 Å². The molecular weight excluding hydrogens is 396 g/mol. The largest absolute Gasteiger partial charge is 0.451 e. The molecule has 3 aromatic rings. The van der Waals surface area contributed by atoms with Crippen molar-refractivity contribution in [2.24, 2.45) is 0 Å². The minimum atomic E-state index is -1.16. The minimum Gasteiger partial charge on any atom is -0.451 e. The Bertz CT molecular complexity index is 1180. The highest BCUT2D eigenvalue weighted by Gasteiger charge is 2.41. The second-order valence-electron chi connectivity index (χ2n) is 7.33. The quantitative estimate of drug-likeness (QED) is 0.508. The summed E-state index contributed by atoms with van der Waals surface area (Å²) in [4.78, 5) is 51.0. The van der Waals surface area contributed by atoms with Crippen LogP contribution in [-0.4, -0.2) is 40.7 Å². The zero-order valence-electron chi connectivity index (χ0n) is 17.0. The monoisotopic (exact) mass is 416 g/mol. The average Bonchev–Trinajstić information content (AvgIpc) is 3.03. The summed E-state index contributed by atoms with van der Waals surface area (Å²) >= 11 is 0. The zero-order valence-corrected chi connectivity index (χ0v) is 17.0. The number of amides is 3. The van der Waals surface area contributed by atoms with Crippen molar-refractivity contribution >= 4 is 40.2 Å². The van der Waals surface area contributed by atoms with Crippen LogP contribution in [0, 0.1) is 0 Å². The number of benzene rings is 3. The molecule has 1 aliphatic rings. The zero-order chi connectivity index (χ0) is 22.1. The molecule has 7 nitrogen and oxygen atoms in total. The first-order valence-corrected chi connectivity index (χ1v) is 9.84. The summed E-state index contributed by atoms with van der Waals surface area (Å²) in [6.07, 6.45) is -1.11. The number of hydrogen-bond acceptors (Lipinski definition) is 5. The number of carbonyl (C=O) groups excluding carboxylic acids is 4. The van der Waals surface area contributed by atoms with Crippen LogP contribution in [0.4, 0.5) is 5.69 Å². The van der Waals surface area contributed by atoms with E-state index in [1.54, 1.807) is 18.2 Å². The van der Waals surface area contributed by atoms with Crippen molar-refractivity contribution in [2.45, 2.75) is 26.0 Å². The van der Waals surface area contributed by atoms with Gasteiger partial charge in [-0.25, -0.2) is 4.79 Å². The maximum atomic E-state index is 12.6. The molecule has 156 valence electrons. The Morgan fingerprint density at radius 3 is 2.06 bits per heavy atom. The molecule has 3 amide bonds. The summed E-state index contributed by atoms with van der Waals surface area (Å²) < 4.78 is 5.24. The van der Waals surface area contributed by atoms with E-state index in [4.69, 9.17) is 4.74 Å². The molecule has 7 heteroatoms. The molecule has 0 aromatic heterocycles. The normalized spacial score (nSPS) is 14.8. The average molecular weight is 416 g/mol. The third-order valence-corrected chi connectivity index (χ3v) is 5.23. The van der Waals surface area contributed by atoms with E-state index in [0.29, 0.717) is 5.69 Å². The number of carbonyl (C=O) groups is 4. The molecule has 0 saturated carbocycles. The van der Waals surface area contributed by atoms with Gasteiger partial charge in [-0.3, -0.25) is 19.3 Å². The van der Waals surface area contributed by atoms with Gasteiger partial charge in [0.25, 0.3) is 17.7 Å². The first-order chi connectivity index (χ1) is 14.9. The molecule has 4 rings (SSSR count). The van der Waals surface area contributed by atoms with Crippen LogP contribution in [0.3, 0.4) is 0 Å². The second kappa shape index (κ2) is 8.02. The summed E-state index contributed by atoms with van der Waals surface area (Å²) in [6, 6.07) is 18.4. The molecule has 0 unspecified atom stereocenters. The molecule has 1 aliphatic heterocycles. The van der Waals surface area contributed by atoms with Gasteiger partial charge >= 0.3 is 5.97 Å². The van der Waals surface area contributed by atoms with Crippen molar-refractivity contribution in [3.63, 3.8) is 0 Å². The van der Waals surface area contributed by atoms with E-state index in [-0.39, 0.29) is 11.1 Å². The van der Waals surface area contributed by atoms with Gasteiger partial charge in [-0.15, -0.1) is 0 Å². The summed E-state index contributed by atoms with van der Waals surface area (Å²) in [7, 11) is 0. The van der Waals surface area contributed by atoms with E-state index < -0.39 is 35.8 Å². The highest BCUT2D eigenvalue weighted by molar-refractivity contribution is 6.22. The van der Waals surface area contributed by atoms with Crippen LogP contribution >= 0.6 is 0 Å². The summed E-state index contributed by atoms with van der Waals surface area (Å²) in [6.45, 7) is 2.83. The highest BCUT2D eigenvalue weighted by atomic mass is 16.5. The van der Waals surface area contributed by atoms with Gasteiger partial charge in [0.05, 0.1) is 11.1 Å². The van der Waals surface area contributed by atoms with Crippen molar-refractivity contribution in [1.29, 1.82) is 0 Å². The van der Waals surface area contributed by atoms with E-state index in [1.807, 2.05) is 36.4 Å². The highest BCUT2D eigenvalue weighted by Crippen LogP contribution is 2.25. The number of nitrogens with one attached hydrogen (secondary N) is 1. The van der Waals surface area contributed by atoms with Crippen LogP contribution in [0.1, 0.15) is 34.6 Å². The maximum Gasteiger partial charge on any atom is 0.329 e. The number of hydrogen-bond donors (Lipinski definition) is 1. The number of esters is 1. The van der Waals surface area contributed by atoms with Gasteiger partial charge in [-0.1, -0.05) is 42.5 Å². The van der Waals surface area contributed by atoms with Gasteiger partial charge in [0.15, 0.2) is 6.10 Å². The summed E-state index contributed by atoms with van der Waals surface area (Å²) in [5.41, 5.74) is 1.06. The SMILES string of the molecule is C[C@H](OC(=O)[C@@H](C)N1C(=O)c2ccccc2C1=O)C(=O)Nc1ccc2ccccc2c1. The molecule has 0 aliphatic carbocycles. The van der Waals surface area contributed by atoms with Crippen molar-refractivity contribution < 1.29 is 23.9 Å². The molecule has 2 atom stereocenters. The van der Waals surface area contributed by atoms with Gasteiger partial charge in [0.1, 0.15) is 6.04 Å². The smallest absolute Gasteiger partial charge is 0.329 e. The lowest BCUT2D eigenvalue weighted by Gasteiger charge is -2.22. The Labute approximate surface area is 178 Å². The van der Waals surface area contributed by atoms with Gasteiger partial charge in [-0.05, 0) is 48.9 Å². The summed E-state index contributed by atoms with van der Waals surface area (Å²) in [5, 5.41) is 4.71. The molecule has 0 fully saturated rings. The lowest BCUT2D eigenvalue weighted by Crippen LogP contribution is -2.45. The third kappa shape index (κ3) is 3.77. The molecule has 3 aromatic carbocycles. The summed E-state index contributed by atoms with van der Waals surface area (Å²) in [5.74, 6) is -2.47. The fourth-order valence-electron chi connectivity index (χ4n) is 3.50. The van der Waals surface area contributed by atoms with Crippen molar-refractivity contribution in [3.8, 4) is 0 Å². The topological polar surface area (TPSA) is 92.8 Å². The molecule has 0 radical (unpaired) electrons. The Hall–Kier alpha value is -4.00. The van der Waals surface area contributed by atoms with Crippen LogP contribution in [0.15, 0.2) is 66.7 Å². The number of fused-ring (bicyclic) bond motifs is 2. The predicted molar refractivity (Wildman–Crippen MR) is 115 cm³/mol. The molecule has 0 saturated heterocycles. The van der Waals surface area contributed by atoms with E-state index in [1.165, 1.54) is 26.0 Å². The van der Waals surface area contributed by atoms with Crippen molar-refractivity contribution in [3.05, 3.63) is 77.9 Å². The molecule has 0 spiro atoms. The molecule has 31 heavy (non-hydrogen) atoms. The Kier molecular flexibility index (Phi) is 5.25. The Morgan fingerprint density at radius 2 is 1.42 bits per heavy atom. The van der Waals surface area contributed by atoms with E-state index in [9.17, 15) is 19.2 Å². The third-order valence-electron chi connectivity index (χ3n) is 5.23. The maximum absolute atomic E-state index is 12.6. The predicted octanol–water partition coefficient (Wildman–Crippen LogP) is 3.39. The van der Waals surface area contributed by atoms with Crippen LogP contribution in [0.2, 0.25) is 0 Å². The van der Waals surface area contributed by atoms with Crippen molar-refractivity contribution in [2.75, 3.05) is 5.32 Å². The molecule has 1 heterocycles. The van der Waals surface area contributed by atoms with Crippen molar-refractivity contribution in [1.82, 2.24) is 4.90 Å². The molecule has 1 N–H and O–H groups in total. The number of rotatable bonds is 5. The fraction of sp³-hybridized carbons (Fsp3) is 0.167. The minimum absolute atomic E-state index is 0.245. The Balaban J connectivity index is 1.41. The lowest BCUT2D eigenvalue weighted by molar-refractivity contribution is -0.156. The fourth-order valence-corrected chi connectivity index (χ4v) is 3.50. The first kappa shape index (κ1) is 20.3. The van der Waals surface area contributed by atoms with Gasteiger partial charge in [0, 0.05) is 5.69 Å². The molecule has 0 bridgehead atoms. The van der Waals surface area contributed by atoms with E-state index in [0.717, 1.165) is 15.7 Å². The van der Waals surface area contributed by atoms with Gasteiger partial charge in [-0.2, -0.15) is 0 Å². The molecular formula is C24H20N2O5. The lowest BCUT2D eigenvalue weighted by atomic mass is 10.1. The second-order valence-corrected chi connectivity index (χ2v) is 7.33. The van der Waals surface area contributed by atoms with Crippen LogP contribution < -0.4 is 5.32 Å². The van der Waals surface area contributed by atoms with Crippen LogP contribution in [0.5, 0.6) is 0 Å². The van der Waals surface area contributed by atoms with Crippen LogP contribution in [0.25, 0.3) is 10.8 Å².